The molecule has 4 rings (SSSR count). The van der Waals surface area contributed by atoms with Gasteiger partial charge in [-0.1, -0.05) is 35.7 Å². The first-order valence-corrected chi connectivity index (χ1v) is 12.6. The molecule has 2 N–H and O–H groups in total. The van der Waals surface area contributed by atoms with Crippen molar-refractivity contribution in [1.82, 2.24) is 4.90 Å². The van der Waals surface area contributed by atoms with Crippen LogP contribution >= 0.6 is 34.5 Å². The highest BCUT2D eigenvalue weighted by molar-refractivity contribution is 7.91. The minimum atomic E-state index is -3.83. The van der Waals surface area contributed by atoms with E-state index in [1.807, 2.05) is 23.1 Å². The monoisotopic (exact) mass is 472 g/mol. The van der Waals surface area contributed by atoms with Crippen LogP contribution in [0.15, 0.2) is 28.5 Å². The zero-order valence-corrected chi connectivity index (χ0v) is 19.1. The molecule has 0 unspecified atom stereocenters. The molecule has 0 radical (unpaired) electrons. The number of rotatable bonds is 6. The second-order valence-corrected chi connectivity index (χ2v) is 11.9. The number of hydrogen-bond acceptors (Lipinski definition) is 4. The Kier molecular flexibility index (Phi) is 5.49. The number of benzene rings is 1. The zero-order valence-electron chi connectivity index (χ0n) is 16.0. The van der Waals surface area contributed by atoms with Crippen molar-refractivity contribution in [1.29, 1.82) is 0 Å². The van der Waals surface area contributed by atoms with E-state index >= 15 is 0 Å². The molecule has 0 bridgehead atoms. The second-order valence-electron chi connectivity index (χ2n) is 8.01. The third kappa shape index (κ3) is 4.08. The van der Waals surface area contributed by atoms with Crippen LogP contribution in [0.4, 0.5) is 0 Å². The van der Waals surface area contributed by atoms with E-state index in [2.05, 4.69) is 0 Å². The number of carbonyl (C=O) groups is 1. The van der Waals surface area contributed by atoms with Crippen LogP contribution in [0.3, 0.4) is 0 Å². The van der Waals surface area contributed by atoms with Gasteiger partial charge < -0.3 is 4.90 Å². The van der Waals surface area contributed by atoms with E-state index < -0.39 is 10.0 Å². The van der Waals surface area contributed by atoms with Gasteiger partial charge in [-0.05, 0) is 56.4 Å². The Balaban J connectivity index is 1.65. The number of nitrogens with zero attached hydrogens (tertiary/aromatic N) is 1. The van der Waals surface area contributed by atoms with Crippen molar-refractivity contribution in [3.05, 3.63) is 50.3 Å². The highest BCUT2D eigenvalue weighted by atomic mass is 35.5. The van der Waals surface area contributed by atoms with Gasteiger partial charge in [-0.2, -0.15) is 0 Å². The number of thiophene rings is 1. The molecule has 29 heavy (non-hydrogen) atoms. The Morgan fingerprint density at radius 2 is 1.93 bits per heavy atom. The van der Waals surface area contributed by atoms with Crippen molar-refractivity contribution in [3.63, 3.8) is 0 Å². The first kappa shape index (κ1) is 21.1. The Morgan fingerprint density at radius 1 is 1.24 bits per heavy atom. The van der Waals surface area contributed by atoms with Crippen LogP contribution < -0.4 is 5.14 Å². The highest BCUT2D eigenvalue weighted by Crippen LogP contribution is 2.47. The largest absolute Gasteiger partial charge is 0.335 e. The molecule has 2 aliphatic rings. The van der Waals surface area contributed by atoms with E-state index in [0.29, 0.717) is 27.0 Å². The van der Waals surface area contributed by atoms with Crippen LogP contribution in [0.25, 0.3) is 0 Å². The zero-order chi connectivity index (χ0) is 21.0. The van der Waals surface area contributed by atoms with Crippen LogP contribution in [-0.2, 0) is 15.4 Å². The summed E-state index contributed by atoms with van der Waals surface area (Å²) in [5, 5.41) is 6.29. The van der Waals surface area contributed by atoms with Gasteiger partial charge in [0.05, 0.1) is 15.6 Å². The molecule has 1 aromatic heterocycles. The molecule has 2 aliphatic carbocycles. The summed E-state index contributed by atoms with van der Waals surface area (Å²) in [6.45, 7) is 2.35. The van der Waals surface area contributed by atoms with Crippen LogP contribution in [0, 0.1) is 6.92 Å². The molecule has 0 spiro atoms. The third-order valence-electron chi connectivity index (χ3n) is 5.97. The summed E-state index contributed by atoms with van der Waals surface area (Å²) in [4.78, 5) is 16.0. The maximum absolute atomic E-state index is 13.4. The first-order chi connectivity index (χ1) is 13.6. The molecule has 156 valence electrons. The van der Waals surface area contributed by atoms with Crippen molar-refractivity contribution >= 4 is 50.5 Å². The number of nitrogens with two attached hydrogens (primary N) is 1. The van der Waals surface area contributed by atoms with E-state index in [0.717, 1.165) is 49.0 Å². The fourth-order valence-electron chi connectivity index (χ4n) is 4.01. The van der Waals surface area contributed by atoms with Crippen molar-refractivity contribution in [2.75, 3.05) is 6.54 Å². The summed E-state index contributed by atoms with van der Waals surface area (Å²) < 4.78 is 23.4. The summed E-state index contributed by atoms with van der Waals surface area (Å²) in [6, 6.07) is 7.33. The first-order valence-electron chi connectivity index (χ1n) is 9.50. The maximum atomic E-state index is 13.4. The van der Waals surface area contributed by atoms with Gasteiger partial charge in [0, 0.05) is 22.9 Å². The lowest BCUT2D eigenvalue weighted by Crippen LogP contribution is -2.48. The van der Waals surface area contributed by atoms with E-state index in [1.54, 1.807) is 6.92 Å². The minimum absolute atomic E-state index is 0.0249. The van der Waals surface area contributed by atoms with E-state index in [9.17, 15) is 13.2 Å². The van der Waals surface area contributed by atoms with Gasteiger partial charge in [0.25, 0.3) is 5.91 Å². The fraction of sp³-hybridized carbons (Fsp3) is 0.450. The van der Waals surface area contributed by atoms with E-state index in [-0.39, 0.29) is 21.6 Å². The molecular formula is C20H22Cl2N2O3S2. The number of aryl methyl sites for hydroxylation is 1. The van der Waals surface area contributed by atoms with Gasteiger partial charge in [-0.3, -0.25) is 4.79 Å². The SMILES string of the molecule is Cc1sc(S(N)(=O)=O)cc1C(=O)N(CC1(c2ccc(Cl)c(Cl)c2)CCC1)C1CC1. The lowest BCUT2D eigenvalue weighted by atomic mass is 9.64. The molecule has 0 aliphatic heterocycles. The molecule has 1 heterocycles. The fourth-order valence-corrected chi connectivity index (χ4v) is 6.16. The Bertz CT molecular complexity index is 1070. The smallest absolute Gasteiger partial charge is 0.255 e. The van der Waals surface area contributed by atoms with Crippen molar-refractivity contribution in [2.45, 2.75) is 54.7 Å². The molecular weight excluding hydrogens is 451 g/mol. The summed E-state index contributed by atoms with van der Waals surface area (Å²) in [7, 11) is -3.83. The lowest BCUT2D eigenvalue weighted by molar-refractivity contribution is 0.0633. The Morgan fingerprint density at radius 3 is 2.41 bits per heavy atom. The molecule has 1 aromatic carbocycles. The number of sulfonamides is 1. The molecule has 5 nitrogen and oxygen atoms in total. The second kappa shape index (κ2) is 7.54. The molecule has 9 heteroatoms. The van der Waals surface area contributed by atoms with Gasteiger partial charge in [-0.15, -0.1) is 11.3 Å². The molecule has 2 saturated carbocycles. The molecule has 2 aromatic rings. The van der Waals surface area contributed by atoms with Crippen molar-refractivity contribution in [2.24, 2.45) is 5.14 Å². The number of halogens is 2. The predicted octanol–water partition coefficient (Wildman–Crippen LogP) is 4.74. The summed E-state index contributed by atoms with van der Waals surface area (Å²) >= 11 is 13.4. The van der Waals surface area contributed by atoms with E-state index in [4.69, 9.17) is 28.3 Å². The van der Waals surface area contributed by atoms with Gasteiger partial charge in [0.1, 0.15) is 4.21 Å². The summed E-state index contributed by atoms with van der Waals surface area (Å²) in [5.41, 5.74) is 1.39. The Hall–Kier alpha value is -1.12. The lowest BCUT2D eigenvalue weighted by Gasteiger charge is -2.46. The van der Waals surface area contributed by atoms with Crippen LogP contribution in [0.5, 0.6) is 0 Å². The molecule has 2 fully saturated rings. The Labute approximate surface area is 184 Å². The van der Waals surface area contributed by atoms with Gasteiger partial charge in [0.2, 0.25) is 10.0 Å². The third-order valence-corrected chi connectivity index (χ3v) is 9.18. The average molecular weight is 473 g/mol. The van der Waals surface area contributed by atoms with Gasteiger partial charge >= 0.3 is 0 Å². The summed E-state index contributed by atoms with van der Waals surface area (Å²) in [5.74, 6) is -0.123. The molecule has 0 saturated heterocycles. The van der Waals surface area contributed by atoms with Crippen molar-refractivity contribution < 1.29 is 13.2 Å². The normalized spacial score (nSPS) is 18.3. The predicted molar refractivity (Wildman–Crippen MR) is 116 cm³/mol. The maximum Gasteiger partial charge on any atom is 0.255 e. The molecule has 0 atom stereocenters. The van der Waals surface area contributed by atoms with Crippen LogP contribution in [0.2, 0.25) is 10.0 Å². The summed E-state index contributed by atoms with van der Waals surface area (Å²) in [6.07, 6.45) is 4.99. The molecule has 1 amide bonds. The van der Waals surface area contributed by atoms with Gasteiger partial charge in [0.15, 0.2) is 0 Å². The number of carbonyl (C=O) groups excluding carboxylic acids is 1. The number of hydrogen-bond donors (Lipinski definition) is 1. The quantitative estimate of drug-likeness (QED) is 0.658. The van der Waals surface area contributed by atoms with E-state index in [1.165, 1.54) is 6.07 Å². The number of amides is 1. The van der Waals surface area contributed by atoms with Crippen LogP contribution in [0.1, 0.15) is 52.9 Å². The minimum Gasteiger partial charge on any atom is -0.335 e. The highest BCUT2D eigenvalue weighted by Gasteiger charge is 2.45. The topological polar surface area (TPSA) is 80.5 Å². The van der Waals surface area contributed by atoms with Gasteiger partial charge in [-0.25, -0.2) is 13.6 Å². The number of primary sulfonamides is 1. The van der Waals surface area contributed by atoms with Crippen LogP contribution in [-0.4, -0.2) is 31.8 Å². The van der Waals surface area contributed by atoms with Crippen molar-refractivity contribution in [3.8, 4) is 0 Å². The average Bonchev–Trinajstić information content (AvgIpc) is 3.37. The standard InChI is InChI=1S/C20H22Cl2N2O3S2/c1-12-15(10-18(28-12)29(23,26)27)19(25)24(14-4-5-14)11-20(7-2-8-20)13-3-6-16(21)17(22)9-13/h3,6,9-10,14H,2,4-5,7-8,11H2,1H3,(H2,23,26,27).